The van der Waals surface area contributed by atoms with Crippen molar-refractivity contribution < 1.29 is 32.2 Å². The molecule has 10 heteroatoms. The van der Waals surface area contributed by atoms with Crippen LogP contribution in [0.3, 0.4) is 0 Å². The largest absolute Gasteiger partial charge is 0.497 e. The monoisotopic (exact) mass is 416 g/mol. The molecular weight excluding hydrogens is 388 g/mol. The van der Waals surface area contributed by atoms with E-state index >= 15 is 0 Å². The Labute approximate surface area is 166 Å². The molecule has 0 radical (unpaired) electrons. The summed E-state index contributed by atoms with van der Waals surface area (Å²) in [4.78, 5) is 11.9. The quantitative estimate of drug-likeness (QED) is 0.584. The number of carbonyl (C=O) groups is 1. The lowest BCUT2D eigenvalue weighted by Crippen LogP contribution is -2.53. The van der Waals surface area contributed by atoms with Crippen LogP contribution in [0.1, 0.15) is 19.4 Å². The summed E-state index contributed by atoms with van der Waals surface area (Å²) in [6, 6.07) is 5.09. The lowest BCUT2D eigenvalue weighted by molar-refractivity contribution is -0.141. The number of carbonyl (C=O) groups excluding carboxylic acids is 1. The molecule has 0 N–H and O–H groups in total. The molecule has 0 saturated carbocycles. The third-order valence-corrected chi connectivity index (χ3v) is 6.20. The van der Waals surface area contributed by atoms with Gasteiger partial charge in [0.05, 0.1) is 33.5 Å². The van der Waals surface area contributed by atoms with Gasteiger partial charge in [0.15, 0.2) is 0 Å². The maximum Gasteiger partial charge on any atom is 0.321 e. The normalized spacial score (nSPS) is 20.8. The Kier molecular flexibility index (Phi) is 7.64. The number of methoxy groups -OCH3 is 3. The van der Waals surface area contributed by atoms with E-state index in [1.54, 1.807) is 18.2 Å². The van der Waals surface area contributed by atoms with Crippen molar-refractivity contribution in [3.63, 3.8) is 0 Å². The van der Waals surface area contributed by atoms with Gasteiger partial charge in [-0.1, -0.05) is 0 Å². The summed E-state index contributed by atoms with van der Waals surface area (Å²) in [5.74, 6) is 0.407. The van der Waals surface area contributed by atoms with Gasteiger partial charge in [0.1, 0.15) is 18.0 Å². The van der Waals surface area contributed by atoms with Gasteiger partial charge >= 0.3 is 5.97 Å². The van der Waals surface area contributed by atoms with Crippen LogP contribution in [-0.4, -0.2) is 76.2 Å². The first-order valence-corrected chi connectivity index (χ1v) is 10.3. The van der Waals surface area contributed by atoms with Crippen LogP contribution >= 0.6 is 0 Å². The van der Waals surface area contributed by atoms with Crippen molar-refractivity contribution in [3.05, 3.63) is 23.8 Å². The zero-order valence-corrected chi connectivity index (χ0v) is 17.7. The summed E-state index contributed by atoms with van der Waals surface area (Å²) in [5.41, 5.74) is 0.623. The number of hydrogen-bond acceptors (Lipinski definition) is 7. The van der Waals surface area contributed by atoms with Crippen LogP contribution in [0.5, 0.6) is 11.5 Å². The molecule has 1 saturated heterocycles. The van der Waals surface area contributed by atoms with E-state index in [-0.39, 0.29) is 31.8 Å². The number of nitrogens with zero attached hydrogens (tertiary/aromatic N) is 2. The highest BCUT2D eigenvalue weighted by Crippen LogP contribution is 2.25. The van der Waals surface area contributed by atoms with Gasteiger partial charge < -0.3 is 18.9 Å². The molecule has 0 unspecified atom stereocenters. The van der Waals surface area contributed by atoms with Gasteiger partial charge in [0.2, 0.25) is 0 Å². The van der Waals surface area contributed by atoms with Crippen molar-refractivity contribution in [2.24, 2.45) is 0 Å². The first-order chi connectivity index (χ1) is 13.2. The van der Waals surface area contributed by atoms with Crippen LogP contribution in [0.2, 0.25) is 0 Å². The van der Waals surface area contributed by atoms with Gasteiger partial charge in [0.25, 0.3) is 10.2 Å². The molecule has 1 aliphatic heterocycles. The average Bonchev–Trinajstić information content (AvgIpc) is 2.66. The topological polar surface area (TPSA) is 94.6 Å². The van der Waals surface area contributed by atoms with Crippen LogP contribution < -0.4 is 9.47 Å². The second-order valence-electron chi connectivity index (χ2n) is 6.65. The zero-order chi connectivity index (χ0) is 20.9. The van der Waals surface area contributed by atoms with Crippen LogP contribution in [0.4, 0.5) is 0 Å². The smallest absolute Gasteiger partial charge is 0.321 e. The molecule has 158 valence electrons. The standard InChI is InChI=1S/C18H28N2O7S/c1-13-9-19(10-14(2)27-13)28(22,23)20(12-18(21)26-5)11-15-6-16(24-3)8-17(7-15)25-4/h6-8,13-14H,9-12H2,1-5H3/t13-,14-/m0/s1. The summed E-state index contributed by atoms with van der Waals surface area (Å²) in [7, 11) is 0.318. The Morgan fingerprint density at radius 3 is 2.11 bits per heavy atom. The van der Waals surface area contributed by atoms with E-state index < -0.39 is 22.7 Å². The fraction of sp³-hybridized carbons (Fsp3) is 0.611. The van der Waals surface area contributed by atoms with Gasteiger partial charge in [0, 0.05) is 25.7 Å². The van der Waals surface area contributed by atoms with Gasteiger partial charge in [-0.25, -0.2) is 0 Å². The summed E-state index contributed by atoms with van der Waals surface area (Å²) in [6.45, 7) is 3.62. The van der Waals surface area contributed by atoms with Gasteiger partial charge in [-0.05, 0) is 31.5 Å². The molecule has 28 heavy (non-hydrogen) atoms. The average molecular weight is 416 g/mol. The molecule has 0 bridgehead atoms. The summed E-state index contributed by atoms with van der Waals surface area (Å²) in [6.07, 6.45) is -0.481. The molecular formula is C18H28N2O7S. The van der Waals surface area contributed by atoms with Crippen molar-refractivity contribution in [2.75, 3.05) is 41.0 Å². The van der Waals surface area contributed by atoms with E-state index in [4.69, 9.17) is 18.9 Å². The fourth-order valence-corrected chi connectivity index (χ4v) is 4.78. The zero-order valence-electron chi connectivity index (χ0n) is 16.9. The highest BCUT2D eigenvalue weighted by atomic mass is 32.2. The molecule has 2 rings (SSSR count). The van der Waals surface area contributed by atoms with E-state index in [9.17, 15) is 13.2 Å². The highest BCUT2D eigenvalue weighted by Gasteiger charge is 2.36. The van der Waals surface area contributed by atoms with Crippen molar-refractivity contribution >= 4 is 16.2 Å². The molecule has 2 atom stereocenters. The third kappa shape index (κ3) is 5.57. The van der Waals surface area contributed by atoms with E-state index in [0.29, 0.717) is 17.1 Å². The fourth-order valence-electron chi connectivity index (χ4n) is 3.07. The molecule has 0 amide bonds. The molecule has 9 nitrogen and oxygen atoms in total. The van der Waals surface area contributed by atoms with Crippen molar-refractivity contribution in [1.82, 2.24) is 8.61 Å². The maximum absolute atomic E-state index is 13.3. The molecule has 1 aliphatic rings. The Bertz CT molecular complexity index is 752. The minimum atomic E-state index is -3.93. The van der Waals surface area contributed by atoms with Crippen LogP contribution in [-0.2, 0) is 31.0 Å². The van der Waals surface area contributed by atoms with Gasteiger partial charge in [-0.15, -0.1) is 0 Å². The minimum absolute atomic E-state index is 0.0366. The Balaban J connectivity index is 2.35. The number of rotatable bonds is 8. The Hall–Kier alpha value is -1.88. The minimum Gasteiger partial charge on any atom is -0.497 e. The SMILES string of the molecule is COC(=O)CN(Cc1cc(OC)cc(OC)c1)S(=O)(=O)N1C[C@H](C)O[C@@H](C)C1. The lowest BCUT2D eigenvalue weighted by Gasteiger charge is -2.37. The molecule has 0 aliphatic carbocycles. The van der Waals surface area contributed by atoms with Crippen LogP contribution in [0.25, 0.3) is 0 Å². The lowest BCUT2D eigenvalue weighted by atomic mass is 10.2. The second-order valence-corrected chi connectivity index (χ2v) is 8.58. The molecule has 1 fully saturated rings. The highest BCUT2D eigenvalue weighted by molar-refractivity contribution is 7.86. The number of morpholine rings is 1. The van der Waals surface area contributed by atoms with Crippen molar-refractivity contribution in [2.45, 2.75) is 32.6 Å². The Morgan fingerprint density at radius 1 is 1.11 bits per heavy atom. The molecule has 1 aromatic carbocycles. The molecule has 0 aromatic heterocycles. The van der Waals surface area contributed by atoms with E-state index in [1.165, 1.54) is 25.6 Å². The van der Waals surface area contributed by atoms with E-state index in [0.717, 1.165) is 4.31 Å². The summed E-state index contributed by atoms with van der Waals surface area (Å²) < 4.78 is 49.8. The first kappa shape index (κ1) is 22.4. The van der Waals surface area contributed by atoms with Crippen LogP contribution in [0, 0.1) is 0 Å². The van der Waals surface area contributed by atoms with E-state index in [1.807, 2.05) is 13.8 Å². The summed E-state index contributed by atoms with van der Waals surface area (Å²) in [5, 5.41) is 0. The van der Waals surface area contributed by atoms with Gasteiger partial charge in [-0.3, -0.25) is 4.79 Å². The predicted octanol–water partition coefficient (Wildman–Crippen LogP) is 1.03. The number of benzene rings is 1. The maximum atomic E-state index is 13.3. The number of ether oxygens (including phenoxy) is 4. The summed E-state index contributed by atoms with van der Waals surface area (Å²) >= 11 is 0. The van der Waals surface area contributed by atoms with E-state index in [2.05, 4.69) is 0 Å². The number of hydrogen-bond donors (Lipinski definition) is 0. The molecule has 0 spiro atoms. The Morgan fingerprint density at radius 2 is 1.64 bits per heavy atom. The second kappa shape index (κ2) is 9.55. The first-order valence-electron chi connectivity index (χ1n) is 8.89. The predicted molar refractivity (Wildman–Crippen MR) is 102 cm³/mol. The third-order valence-electron chi connectivity index (χ3n) is 4.34. The van der Waals surface area contributed by atoms with Crippen LogP contribution in [0.15, 0.2) is 18.2 Å². The number of esters is 1. The molecule has 1 aromatic rings. The van der Waals surface area contributed by atoms with Crippen molar-refractivity contribution in [1.29, 1.82) is 0 Å². The van der Waals surface area contributed by atoms with Gasteiger partial charge in [-0.2, -0.15) is 17.0 Å². The van der Waals surface area contributed by atoms with Crippen molar-refractivity contribution in [3.8, 4) is 11.5 Å². The molecule has 1 heterocycles.